The van der Waals surface area contributed by atoms with E-state index in [-0.39, 0.29) is 33.2 Å². The van der Waals surface area contributed by atoms with Crippen molar-refractivity contribution in [2.75, 3.05) is 5.32 Å². The van der Waals surface area contributed by atoms with Gasteiger partial charge in [0.15, 0.2) is 5.78 Å². The van der Waals surface area contributed by atoms with Gasteiger partial charge in [-0.1, -0.05) is 74.5 Å². The minimum Gasteiger partial charge on any atom is -0.480 e. The van der Waals surface area contributed by atoms with Gasteiger partial charge in [-0.2, -0.15) is 0 Å². The van der Waals surface area contributed by atoms with Crippen LogP contribution in [0.15, 0.2) is 52.6 Å². The Morgan fingerprint density at radius 1 is 1.00 bits per heavy atom. The van der Waals surface area contributed by atoms with Crippen LogP contribution >= 0.6 is 39.1 Å². The van der Waals surface area contributed by atoms with E-state index in [4.69, 9.17) is 23.2 Å². The van der Waals surface area contributed by atoms with E-state index in [0.717, 1.165) is 43.4 Å². The lowest BCUT2D eigenvalue weighted by Gasteiger charge is -2.47. The standard InChI is InChI=1S/C28H29BrCl2N2O4/c1-15(2)20(23(27(36)37)33-24-22(29)25(34)28(24)13-4-3-5-14-28)16-9-11-17(12-10-16)32-26(35)21-18(30)7-6-8-19(21)31/h6-12,15,20,23,33H,3-5,13-14H2,1-2H3,(H,32,35)(H,36,37)/t20?,23-/m0/s1. The number of aliphatic carboxylic acids is 1. The molecule has 3 N–H and O–H groups in total. The molecule has 37 heavy (non-hydrogen) atoms. The molecule has 0 heterocycles. The smallest absolute Gasteiger partial charge is 0.326 e. The Morgan fingerprint density at radius 3 is 2.14 bits per heavy atom. The maximum absolute atomic E-state index is 12.8. The summed E-state index contributed by atoms with van der Waals surface area (Å²) < 4.78 is 0.458. The molecular formula is C28H29BrCl2N2O4. The molecule has 9 heteroatoms. The van der Waals surface area contributed by atoms with Crippen LogP contribution in [0.4, 0.5) is 5.69 Å². The predicted octanol–water partition coefficient (Wildman–Crippen LogP) is 7.17. The lowest BCUT2D eigenvalue weighted by atomic mass is 9.62. The maximum atomic E-state index is 12.8. The second-order valence-corrected chi connectivity index (χ2v) is 11.7. The summed E-state index contributed by atoms with van der Waals surface area (Å²) in [5, 5.41) is 16.8. The molecule has 196 valence electrons. The molecule has 1 saturated carbocycles. The first-order valence-corrected chi connectivity index (χ1v) is 13.9. The number of halogens is 3. The van der Waals surface area contributed by atoms with Crippen molar-refractivity contribution >= 4 is 62.5 Å². The number of rotatable bonds is 8. The van der Waals surface area contributed by atoms with Gasteiger partial charge in [0.25, 0.3) is 5.91 Å². The van der Waals surface area contributed by atoms with E-state index in [0.29, 0.717) is 10.2 Å². The van der Waals surface area contributed by atoms with Gasteiger partial charge < -0.3 is 15.7 Å². The number of carbonyl (C=O) groups is 3. The molecule has 4 rings (SSSR count). The molecule has 1 fully saturated rings. The molecule has 2 atom stereocenters. The Morgan fingerprint density at radius 2 is 1.59 bits per heavy atom. The number of nitrogens with one attached hydrogen (secondary N) is 2. The van der Waals surface area contributed by atoms with Crippen molar-refractivity contribution in [3.63, 3.8) is 0 Å². The van der Waals surface area contributed by atoms with Gasteiger partial charge in [-0.05, 0) is 64.5 Å². The fourth-order valence-electron chi connectivity index (χ4n) is 5.54. The fraction of sp³-hybridized carbons (Fsp3) is 0.393. The highest BCUT2D eigenvalue weighted by molar-refractivity contribution is 9.12. The molecule has 0 radical (unpaired) electrons. The quantitative estimate of drug-likeness (QED) is 0.296. The minimum atomic E-state index is -0.984. The number of hydrogen-bond donors (Lipinski definition) is 3. The third-order valence-electron chi connectivity index (χ3n) is 7.43. The highest BCUT2D eigenvalue weighted by Crippen LogP contribution is 2.53. The van der Waals surface area contributed by atoms with Gasteiger partial charge in [0.2, 0.25) is 0 Å². The summed E-state index contributed by atoms with van der Waals surface area (Å²) in [4.78, 5) is 38.1. The van der Waals surface area contributed by atoms with Gasteiger partial charge in [0.1, 0.15) is 6.04 Å². The molecule has 2 aliphatic carbocycles. The van der Waals surface area contributed by atoms with Crippen LogP contribution in [-0.4, -0.2) is 28.8 Å². The summed E-state index contributed by atoms with van der Waals surface area (Å²) in [6.45, 7) is 3.95. The Bertz CT molecular complexity index is 1230. The van der Waals surface area contributed by atoms with Crippen molar-refractivity contribution in [2.45, 2.75) is 57.9 Å². The molecular weight excluding hydrogens is 579 g/mol. The SMILES string of the molecule is CC(C)C(c1ccc(NC(=O)c2c(Cl)cccc2Cl)cc1)[C@H](NC1=C(Br)C(=O)C12CCCCC2)C(=O)O. The summed E-state index contributed by atoms with van der Waals surface area (Å²) in [6.07, 6.45) is 4.48. The molecule has 0 bridgehead atoms. The minimum absolute atomic E-state index is 0.0200. The first-order chi connectivity index (χ1) is 17.6. The average Bonchev–Trinajstić information content (AvgIpc) is 2.86. The third kappa shape index (κ3) is 5.31. The maximum Gasteiger partial charge on any atom is 0.326 e. The number of ketones is 1. The first-order valence-electron chi connectivity index (χ1n) is 12.4. The first kappa shape index (κ1) is 27.7. The molecule has 2 aliphatic rings. The molecule has 2 aromatic rings. The third-order valence-corrected chi connectivity index (χ3v) is 8.81. The Balaban J connectivity index is 1.57. The van der Waals surface area contributed by atoms with E-state index in [2.05, 4.69) is 26.6 Å². The van der Waals surface area contributed by atoms with Gasteiger partial charge in [-0.25, -0.2) is 4.79 Å². The Labute approximate surface area is 234 Å². The number of benzene rings is 2. The predicted molar refractivity (Wildman–Crippen MR) is 149 cm³/mol. The Hall–Kier alpha value is -2.35. The van der Waals surface area contributed by atoms with E-state index < -0.39 is 23.3 Å². The highest BCUT2D eigenvalue weighted by atomic mass is 79.9. The van der Waals surface area contributed by atoms with Crippen molar-refractivity contribution in [3.05, 3.63) is 73.8 Å². The van der Waals surface area contributed by atoms with Crippen LogP contribution in [0.5, 0.6) is 0 Å². The fourth-order valence-corrected chi connectivity index (χ4v) is 6.98. The van der Waals surface area contributed by atoms with Gasteiger partial charge in [0, 0.05) is 17.3 Å². The van der Waals surface area contributed by atoms with E-state index in [1.165, 1.54) is 0 Å². The normalized spacial score (nSPS) is 18.4. The molecule has 1 amide bonds. The van der Waals surface area contributed by atoms with Crippen LogP contribution in [0.25, 0.3) is 0 Å². The van der Waals surface area contributed by atoms with Crippen molar-refractivity contribution in [1.82, 2.24) is 5.32 Å². The number of allylic oxidation sites excluding steroid dienone is 2. The zero-order chi connectivity index (χ0) is 26.9. The summed E-state index contributed by atoms with van der Waals surface area (Å²) >= 11 is 15.7. The van der Waals surface area contributed by atoms with E-state index in [1.807, 2.05) is 26.0 Å². The largest absolute Gasteiger partial charge is 0.480 e. The molecule has 0 saturated heterocycles. The van der Waals surface area contributed by atoms with Crippen LogP contribution in [0, 0.1) is 11.3 Å². The number of amides is 1. The summed E-state index contributed by atoms with van der Waals surface area (Å²) in [7, 11) is 0. The molecule has 1 spiro atoms. The van der Waals surface area contributed by atoms with Crippen LogP contribution in [0.3, 0.4) is 0 Å². The van der Waals surface area contributed by atoms with Crippen LogP contribution < -0.4 is 10.6 Å². The van der Waals surface area contributed by atoms with E-state index in [1.54, 1.807) is 30.3 Å². The number of Topliss-reactive ketones (excluding diaryl/α,β-unsaturated/α-hetero) is 1. The Kier molecular flexibility index (Phi) is 8.36. The molecule has 0 aliphatic heterocycles. The second kappa shape index (κ2) is 11.2. The van der Waals surface area contributed by atoms with Crippen molar-refractivity contribution < 1.29 is 19.5 Å². The number of carbonyl (C=O) groups excluding carboxylic acids is 2. The van der Waals surface area contributed by atoms with Crippen molar-refractivity contribution in [2.24, 2.45) is 11.3 Å². The van der Waals surface area contributed by atoms with E-state index >= 15 is 0 Å². The van der Waals surface area contributed by atoms with Gasteiger partial charge >= 0.3 is 5.97 Å². The second-order valence-electron chi connectivity index (χ2n) is 10.1. The monoisotopic (exact) mass is 606 g/mol. The van der Waals surface area contributed by atoms with Gasteiger partial charge in [-0.3, -0.25) is 9.59 Å². The van der Waals surface area contributed by atoms with Crippen LogP contribution in [0.1, 0.15) is 67.8 Å². The zero-order valence-electron chi connectivity index (χ0n) is 20.6. The molecule has 0 aromatic heterocycles. The van der Waals surface area contributed by atoms with Crippen LogP contribution in [-0.2, 0) is 9.59 Å². The lowest BCUT2D eigenvalue weighted by Crippen LogP contribution is -2.54. The molecule has 6 nitrogen and oxygen atoms in total. The van der Waals surface area contributed by atoms with Gasteiger partial charge in [-0.15, -0.1) is 0 Å². The number of carboxylic acids is 1. The highest BCUT2D eigenvalue weighted by Gasteiger charge is 2.54. The van der Waals surface area contributed by atoms with Crippen molar-refractivity contribution in [3.8, 4) is 0 Å². The van der Waals surface area contributed by atoms with Crippen molar-refractivity contribution in [1.29, 1.82) is 0 Å². The van der Waals surface area contributed by atoms with Gasteiger partial charge in [0.05, 0.1) is 25.5 Å². The number of hydrogen-bond acceptors (Lipinski definition) is 4. The lowest BCUT2D eigenvalue weighted by molar-refractivity contribution is -0.141. The summed E-state index contributed by atoms with van der Waals surface area (Å²) in [5.41, 5.74) is 1.65. The molecule has 1 unspecified atom stereocenters. The summed E-state index contributed by atoms with van der Waals surface area (Å²) in [6, 6.07) is 11.0. The number of carboxylic acid groups (broad SMARTS) is 1. The summed E-state index contributed by atoms with van der Waals surface area (Å²) in [5.74, 6) is -1.75. The topological polar surface area (TPSA) is 95.5 Å². The van der Waals surface area contributed by atoms with E-state index in [9.17, 15) is 19.5 Å². The zero-order valence-corrected chi connectivity index (χ0v) is 23.7. The number of anilines is 1. The average molecular weight is 608 g/mol. The van der Waals surface area contributed by atoms with Crippen LogP contribution in [0.2, 0.25) is 10.0 Å². The molecule has 2 aromatic carbocycles.